The Morgan fingerprint density at radius 1 is 0.778 bits per heavy atom. The second-order valence-electron chi connectivity index (χ2n) is 5.99. The van der Waals surface area contributed by atoms with Crippen molar-refractivity contribution in [2.75, 3.05) is 17.4 Å². The Kier molecular flexibility index (Phi) is 3.68. The molecule has 3 heterocycles. The summed E-state index contributed by atoms with van der Waals surface area (Å²) in [7, 11) is 0. The van der Waals surface area contributed by atoms with Crippen LogP contribution in [0.1, 0.15) is 0 Å². The zero-order chi connectivity index (χ0) is 18.1. The first-order chi connectivity index (χ1) is 13.3. The molecular formula is C20H15N5O2. The molecule has 27 heavy (non-hydrogen) atoms. The van der Waals surface area contributed by atoms with Crippen molar-refractivity contribution in [3.63, 3.8) is 0 Å². The van der Waals surface area contributed by atoms with Crippen LogP contribution in [0.15, 0.2) is 67.1 Å². The van der Waals surface area contributed by atoms with Gasteiger partial charge in [-0.05, 0) is 23.6 Å². The summed E-state index contributed by atoms with van der Waals surface area (Å²) in [6, 6.07) is 17.5. The molecule has 7 heteroatoms. The topological polar surface area (TPSA) is 81.2 Å². The van der Waals surface area contributed by atoms with Crippen LogP contribution in [0.5, 0.6) is 11.5 Å². The van der Waals surface area contributed by atoms with E-state index in [0.29, 0.717) is 17.4 Å². The van der Waals surface area contributed by atoms with Gasteiger partial charge in [-0.3, -0.25) is 0 Å². The standard InChI is InChI=1S/C20H15N5O2/c1-2-4-15-13(3-1)7-8-21-20(15)25-19-10-18(22-11-23-19)24-14-5-6-16-17(9-14)27-12-26-16/h1-11H,12H2,(H2,21,22,23,24,25). The highest BCUT2D eigenvalue weighted by molar-refractivity contribution is 5.92. The van der Waals surface area contributed by atoms with Gasteiger partial charge in [0.05, 0.1) is 0 Å². The third-order valence-corrected chi connectivity index (χ3v) is 4.23. The molecule has 0 spiro atoms. The van der Waals surface area contributed by atoms with E-state index in [1.165, 1.54) is 6.33 Å². The largest absolute Gasteiger partial charge is 0.454 e. The molecule has 1 aliphatic heterocycles. The first-order valence-corrected chi connectivity index (χ1v) is 8.45. The number of hydrogen-bond acceptors (Lipinski definition) is 7. The van der Waals surface area contributed by atoms with E-state index in [2.05, 4.69) is 31.7 Å². The monoisotopic (exact) mass is 357 g/mol. The minimum atomic E-state index is 0.248. The third kappa shape index (κ3) is 3.06. The fourth-order valence-electron chi connectivity index (χ4n) is 2.96. The fraction of sp³-hybridized carbons (Fsp3) is 0.0500. The Morgan fingerprint density at radius 2 is 1.63 bits per heavy atom. The van der Waals surface area contributed by atoms with Gasteiger partial charge in [-0.25, -0.2) is 15.0 Å². The van der Waals surface area contributed by atoms with E-state index in [-0.39, 0.29) is 6.79 Å². The summed E-state index contributed by atoms with van der Waals surface area (Å²) in [5.74, 6) is 3.52. The third-order valence-electron chi connectivity index (χ3n) is 4.23. The zero-order valence-corrected chi connectivity index (χ0v) is 14.2. The Balaban J connectivity index is 1.40. The molecule has 0 unspecified atom stereocenters. The molecule has 2 aromatic heterocycles. The first-order valence-electron chi connectivity index (χ1n) is 8.45. The molecule has 0 radical (unpaired) electrons. The number of aromatic nitrogens is 3. The lowest BCUT2D eigenvalue weighted by Crippen LogP contribution is -2.00. The van der Waals surface area contributed by atoms with Crippen LogP contribution in [0, 0.1) is 0 Å². The number of hydrogen-bond donors (Lipinski definition) is 2. The lowest BCUT2D eigenvalue weighted by molar-refractivity contribution is 0.174. The van der Waals surface area contributed by atoms with Crippen molar-refractivity contribution in [2.24, 2.45) is 0 Å². The number of nitrogens with one attached hydrogen (secondary N) is 2. The summed E-state index contributed by atoms with van der Waals surface area (Å²) in [5, 5.41) is 8.66. The number of fused-ring (bicyclic) bond motifs is 2. The predicted octanol–water partition coefficient (Wildman–Crippen LogP) is 4.24. The van der Waals surface area contributed by atoms with E-state index in [4.69, 9.17) is 9.47 Å². The first kappa shape index (κ1) is 15.4. The number of ether oxygens (including phenoxy) is 2. The maximum atomic E-state index is 5.40. The summed E-state index contributed by atoms with van der Waals surface area (Å²) in [4.78, 5) is 13.0. The highest BCUT2D eigenvalue weighted by Gasteiger charge is 2.13. The number of anilines is 4. The van der Waals surface area contributed by atoms with Gasteiger partial charge >= 0.3 is 0 Å². The van der Waals surface area contributed by atoms with Crippen LogP contribution < -0.4 is 20.1 Å². The van der Waals surface area contributed by atoms with E-state index in [0.717, 1.165) is 28.0 Å². The Morgan fingerprint density at radius 3 is 2.59 bits per heavy atom. The molecule has 0 aliphatic carbocycles. The highest BCUT2D eigenvalue weighted by atomic mass is 16.7. The minimum Gasteiger partial charge on any atom is -0.454 e. The Labute approximate surface area is 155 Å². The van der Waals surface area contributed by atoms with Gasteiger partial charge in [-0.2, -0.15) is 0 Å². The molecule has 1 aliphatic rings. The molecule has 5 rings (SSSR count). The minimum absolute atomic E-state index is 0.248. The molecule has 0 saturated carbocycles. The van der Waals surface area contributed by atoms with Gasteiger partial charge in [0.25, 0.3) is 0 Å². The maximum absolute atomic E-state index is 5.40. The van der Waals surface area contributed by atoms with Crippen molar-refractivity contribution < 1.29 is 9.47 Å². The van der Waals surface area contributed by atoms with Crippen LogP contribution in [0.25, 0.3) is 10.8 Å². The van der Waals surface area contributed by atoms with Gasteiger partial charge in [0.15, 0.2) is 11.5 Å². The van der Waals surface area contributed by atoms with Gasteiger partial charge < -0.3 is 20.1 Å². The molecule has 0 bridgehead atoms. The van der Waals surface area contributed by atoms with E-state index in [1.54, 1.807) is 6.20 Å². The molecule has 7 nitrogen and oxygen atoms in total. The maximum Gasteiger partial charge on any atom is 0.231 e. The molecule has 0 atom stereocenters. The highest BCUT2D eigenvalue weighted by Crippen LogP contribution is 2.35. The quantitative estimate of drug-likeness (QED) is 0.565. The number of nitrogens with zero attached hydrogens (tertiary/aromatic N) is 3. The van der Waals surface area contributed by atoms with Crippen LogP contribution >= 0.6 is 0 Å². The Hall–Kier alpha value is -3.87. The molecular weight excluding hydrogens is 342 g/mol. The molecule has 0 amide bonds. The molecule has 0 fully saturated rings. The second kappa shape index (κ2) is 6.45. The van der Waals surface area contributed by atoms with Gasteiger partial charge in [-0.15, -0.1) is 0 Å². The van der Waals surface area contributed by atoms with Crippen LogP contribution in [-0.4, -0.2) is 21.7 Å². The SMILES string of the molecule is c1ccc2c(Nc3cc(Nc4ccc5c(c4)OCO5)ncn3)nccc2c1. The smallest absolute Gasteiger partial charge is 0.231 e. The number of rotatable bonds is 4. The summed E-state index contributed by atoms with van der Waals surface area (Å²) in [5.41, 5.74) is 0.854. The van der Waals surface area contributed by atoms with Crippen molar-refractivity contribution in [1.29, 1.82) is 0 Å². The fourth-order valence-corrected chi connectivity index (χ4v) is 2.96. The van der Waals surface area contributed by atoms with Gasteiger partial charge in [0.1, 0.15) is 23.8 Å². The second-order valence-corrected chi connectivity index (χ2v) is 5.99. The van der Waals surface area contributed by atoms with E-state index in [9.17, 15) is 0 Å². The molecule has 132 valence electrons. The van der Waals surface area contributed by atoms with Crippen LogP contribution in [-0.2, 0) is 0 Å². The van der Waals surface area contributed by atoms with E-state index < -0.39 is 0 Å². The van der Waals surface area contributed by atoms with Gasteiger partial charge in [-0.1, -0.05) is 24.3 Å². The molecule has 2 aromatic carbocycles. The Bertz CT molecular complexity index is 1130. The van der Waals surface area contributed by atoms with Gasteiger partial charge in [0.2, 0.25) is 6.79 Å². The lowest BCUT2D eigenvalue weighted by Gasteiger charge is -2.10. The van der Waals surface area contributed by atoms with Crippen molar-refractivity contribution in [3.8, 4) is 11.5 Å². The van der Waals surface area contributed by atoms with Gasteiger partial charge in [0, 0.05) is 29.4 Å². The average molecular weight is 357 g/mol. The molecule has 2 N–H and O–H groups in total. The van der Waals surface area contributed by atoms with Crippen molar-refractivity contribution in [2.45, 2.75) is 0 Å². The van der Waals surface area contributed by atoms with Crippen LogP contribution in [0.3, 0.4) is 0 Å². The van der Waals surface area contributed by atoms with Crippen molar-refractivity contribution in [3.05, 3.63) is 67.1 Å². The van der Waals surface area contributed by atoms with Crippen molar-refractivity contribution in [1.82, 2.24) is 15.0 Å². The normalized spacial score (nSPS) is 12.1. The predicted molar refractivity (Wildman–Crippen MR) is 103 cm³/mol. The number of pyridine rings is 1. The van der Waals surface area contributed by atoms with Crippen LogP contribution in [0.2, 0.25) is 0 Å². The molecule has 4 aromatic rings. The summed E-state index contributed by atoms with van der Waals surface area (Å²) in [6.07, 6.45) is 3.28. The lowest BCUT2D eigenvalue weighted by atomic mass is 10.1. The number of benzene rings is 2. The summed E-state index contributed by atoms with van der Waals surface area (Å²) in [6.45, 7) is 0.248. The summed E-state index contributed by atoms with van der Waals surface area (Å²) >= 11 is 0. The van der Waals surface area contributed by atoms with E-state index >= 15 is 0 Å². The van der Waals surface area contributed by atoms with Crippen LogP contribution in [0.4, 0.5) is 23.1 Å². The van der Waals surface area contributed by atoms with E-state index in [1.807, 2.05) is 48.5 Å². The zero-order valence-electron chi connectivity index (χ0n) is 14.2. The van der Waals surface area contributed by atoms with Crippen molar-refractivity contribution >= 4 is 33.9 Å². The average Bonchev–Trinajstić information content (AvgIpc) is 3.16. The summed E-state index contributed by atoms with van der Waals surface area (Å²) < 4.78 is 10.7. The molecule has 0 saturated heterocycles.